The third-order valence-corrected chi connectivity index (χ3v) is 11.5. The average molecular weight is 803 g/mol. The predicted octanol–water partition coefficient (Wildman–Crippen LogP) is 3.21. The summed E-state index contributed by atoms with van der Waals surface area (Å²) in [6.45, 7) is 4.16. The molecular formula is C42H50N12O5. The number of aromatic nitrogens is 5. The van der Waals surface area contributed by atoms with Crippen molar-refractivity contribution < 1.29 is 24.6 Å². The van der Waals surface area contributed by atoms with E-state index in [1.54, 1.807) is 47.2 Å². The minimum Gasteiger partial charge on any atom is -0.388 e. The van der Waals surface area contributed by atoms with E-state index < -0.39 is 24.3 Å². The van der Waals surface area contributed by atoms with E-state index in [0.29, 0.717) is 74.2 Å². The van der Waals surface area contributed by atoms with Gasteiger partial charge in [-0.05, 0) is 42.5 Å². The summed E-state index contributed by atoms with van der Waals surface area (Å²) in [5, 5.41) is 37.6. The highest BCUT2D eigenvalue weighted by Gasteiger charge is 2.44. The fourth-order valence-electron chi connectivity index (χ4n) is 8.32. The molecule has 8 rings (SSSR count). The Hall–Kier alpha value is -6.33. The maximum Gasteiger partial charge on any atom is 0.321 e. The number of nitrogens with one attached hydrogen (secondary N) is 5. The maximum absolute atomic E-state index is 13.2. The van der Waals surface area contributed by atoms with Crippen molar-refractivity contribution in [2.75, 3.05) is 48.3 Å². The van der Waals surface area contributed by atoms with E-state index in [1.807, 2.05) is 41.3 Å². The predicted molar refractivity (Wildman–Crippen MR) is 222 cm³/mol. The van der Waals surface area contributed by atoms with Crippen LogP contribution in [0.15, 0.2) is 91.5 Å². The summed E-state index contributed by atoms with van der Waals surface area (Å²) in [7, 11) is 0. The van der Waals surface area contributed by atoms with E-state index >= 15 is 0 Å². The SMILES string of the molecule is CCC(=O)N[C@H]1C[C@@H](n2cnc3c(NCC(c4ccccc4)c4ccccc4)nc(N4CC[C@@H](NC(=O)NC5CCN(C(=O)Nc6cccnc6)C5)C4)nc32)[C@H](O)[C@@H]1O. The highest BCUT2D eigenvalue weighted by atomic mass is 16.3. The third kappa shape index (κ3) is 8.90. The molecule has 5 aromatic rings. The van der Waals surface area contributed by atoms with Gasteiger partial charge in [0.05, 0.1) is 30.3 Å². The van der Waals surface area contributed by atoms with Gasteiger partial charge in [-0.2, -0.15) is 9.97 Å². The summed E-state index contributed by atoms with van der Waals surface area (Å²) in [4.78, 5) is 60.7. The van der Waals surface area contributed by atoms with E-state index in [9.17, 15) is 24.6 Å². The van der Waals surface area contributed by atoms with Crippen LogP contribution in [0.4, 0.5) is 27.0 Å². The number of hydrogen-bond donors (Lipinski definition) is 7. The summed E-state index contributed by atoms with van der Waals surface area (Å²) >= 11 is 0. The molecule has 2 aliphatic heterocycles. The molecule has 0 radical (unpaired) electrons. The average Bonchev–Trinajstić information content (AvgIpc) is 4.07. The van der Waals surface area contributed by atoms with Crippen molar-refractivity contribution in [2.24, 2.45) is 0 Å². The van der Waals surface area contributed by atoms with Crippen molar-refractivity contribution >= 4 is 46.6 Å². The summed E-state index contributed by atoms with van der Waals surface area (Å²) in [5.74, 6) is 0.721. The second-order valence-electron chi connectivity index (χ2n) is 15.4. The minimum atomic E-state index is -1.17. The van der Waals surface area contributed by atoms with Gasteiger partial charge in [0.25, 0.3) is 0 Å². The van der Waals surface area contributed by atoms with Crippen LogP contribution in [0.25, 0.3) is 11.2 Å². The van der Waals surface area contributed by atoms with Crippen molar-refractivity contribution in [3.63, 3.8) is 0 Å². The zero-order valence-electron chi connectivity index (χ0n) is 32.8. The molecule has 3 aromatic heterocycles. The van der Waals surface area contributed by atoms with E-state index in [-0.39, 0.29) is 48.8 Å². The molecule has 2 saturated heterocycles. The van der Waals surface area contributed by atoms with Gasteiger partial charge in [-0.1, -0.05) is 67.6 Å². The number of likely N-dealkylation sites (tertiary alicyclic amines) is 1. The lowest BCUT2D eigenvalue weighted by atomic mass is 9.91. The number of aliphatic hydroxyl groups is 2. The molecule has 308 valence electrons. The Kier molecular flexibility index (Phi) is 11.8. The lowest BCUT2D eigenvalue weighted by Gasteiger charge is -2.22. The number of anilines is 3. The molecule has 0 bridgehead atoms. The van der Waals surface area contributed by atoms with Gasteiger partial charge in [-0.25, -0.2) is 14.6 Å². The highest BCUT2D eigenvalue weighted by molar-refractivity contribution is 5.89. The Morgan fingerprint density at radius 1 is 0.847 bits per heavy atom. The Morgan fingerprint density at radius 2 is 1.56 bits per heavy atom. The number of aliphatic hydroxyl groups excluding tert-OH is 2. The van der Waals surface area contributed by atoms with Crippen LogP contribution in [0.2, 0.25) is 0 Å². The van der Waals surface area contributed by atoms with Gasteiger partial charge in [0, 0.05) is 63.3 Å². The first-order valence-corrected chi connectivity index (χ1v) is 20.3. The number of benzene rings is 2. The summed E-state index contributed by atoms with van der Waals surface area (Å²) in [5.41, 5.74) is 3.85. The molecule has 5 heterocycles. The van der Waals surface area contributed by atoms with E-state index in [2.05, 4.69) is 55.8 Å². The zero-order chi connectivity index (χ0) is 40.9. The number of imidazole rings is 1. The third-order valence-electron chi connectivity index (χ3n) is 11.5. The topological polar surface area (TPSA) is 215 Å². The second-order valence-corrected chi connectivity index (χ2v) is 15.4. The Morgan fingerprint density at radius 3 is 2.25 bits per heavy atom. The number of urea groups is 2. The van der Waals surface area contributed by atoms with Gasteiger partial charge in [0.1, 0.15) is 12.2 Å². The smallest absolute Gasteiger partial charge is 0.321 e. The van der Waals surface area contributed by atoms with Crippen molar-refractivity contribution in [1.29, 1.82) is 0 Å². The molecule has 1 saturated carbocycles. The Labute approximate surface area is 341 Å². The fourth-order valence-corrected chi connectivity index (χ4v) is 8.32. The van der Waals surface area contributed by atoms with Crippen molar-refractivity contribution in [1.82, 2.24) is 45.4 Å². The van der Waals surface area contributed by atoms with Gasteiger partial charge >= 0.3 is 12.1 Å². The molecule has 2 aromatic carbocycles. The van der Waals surface area contributed by atoms with Crippen molar-refractivity contribution in [2.45, 2.75) is 74.9 Å². The normalized spacial score (nSPS) is 22.8. The first-order chi connectivity index (χ1) is 28.7. The van der Waals surface area contributed by atoms with Crippen LogP contribution in [0, 0.1) is 0 Å². The Balaban J connectivity index is 0.994. The lowest BCUT2D eigenvalue weighted by Crippen LogP contribution is -2.48. The highest BCUT2D eigenvalue weighted by Crippen LogP contribution is 2.35. The van der Waals surface area contributed by atoms with Gasteiger partial charge in [-0.3, -0.25) is 9.78 Å². The molecule has 1 aliphatic carbocycles. The maximum atomic E-state index is 13.2. The Bertz CT molecular complexity index is 2190. The summed E-state index contributed by atoms with van der Waals surface area (Å²) in [6.07, 6.45) is 4.31. The standard InChI is InChI=1S/C42H50N12O5/c1-2-34(55)49-32-20-33(37(57)36(32)56)54-25-45-35-38(44-22-31(26-10-5-3-6-11-26)27-12-7-4-8-13-27)50-40(51-39(35)54)52-18-15-29(23-52)46-41(58)47-30-16-19-53(24-30)42(59)48-28-14-9-17-43-21-28/h3-14,17,21,25,29-33,36-37,56-57H,2,15-16,18-20,22-24H2,1H3,(H,48,59)(H,49,55)(H,44,50,51)(H2,46,47,58)/t29-,30?,32+,33-,36-,37+/m1/s1. The molecule has 0 spiro atoms. The number of fused-ring (bicyclic) bond motifs is 1. The first-order valence-electron chi connectivity index (χ1n) is 20.3. The molecule has 17 nitrogen and oxygen atoms in total. The molecule has 3 fully saturated rings. The number of rotatable bonds is 12. The lowest BCUT2D eigenvalue weighted by molar-refractivity contribution is -0.122. The van der Waals surface area contributed by atoms with Crippen molar-refractivity contribution in [3.05, 3.63) is 103 Å². The quantitative estimate of drug-likeness (QED) is 0.0973. The van der Waals surface area contributed by atoms with Gasteiger partial charge in [0.2, 0.25) is 11.9 Å². The number of carbonyl (C=O) groups is 3. The molecule has 59 heavy (non-hydrogen) atoms. The van der Waals surface area contributed by atoms with Crippen LogP contribution < -0.4 is 31.5 Å². The van der Waals surface area contributed by atoms with E-state index in [4.69, 9.17) is 15.0 Å². The number of carbonyl (C=O) groups excluding carboxylic acids is 3. The minimum absolute atomic E-state index is 0.0101. The molecule has 5 amide bonds. The van der Waals surface area contributed by atoms with Gasteiger partial charge < -0.3 is 51.2 Å². The summed E-state index contributed by atoms with van der Waals surface area (Å²) < 4.78 is 1.77. The van der Waals surface area contributed by atoms with E-state index in [0.717, 1.165) is 11.1 Å². The number of hydrogen-bond acceptors (Lipinski definition) is 11. The second kappa shape index (κ2) is 17.7. The summed E-state index contributed by atoms with van der Waals surface area (Å²) in [6, 6.07) is 21.8. The fraction of sp³-hybridized carbons (Fsp3) is 0.405. The van der Waals surface area contributed by atoms with Crippen LogP contribution in [-0.2, 0) is 4.79 Å². The van der Waals surface area contributed by atoms with Gasteiger partial charge in [-0.15, -0.1) is 0 Å². The van der Waals surface area contributed by atoms with Crippen LogP contribution >= 0.6 is 0 Å². The monoisotopic (exact) mass is 802 g/mol. The van der Waals surface area contributed by atoms with Crippen LogP contribution in [0.5, 0.6) is 0 Å². The molecule has 17 heteroatoms. The molecule has 1 unspecified atom stereocenters. The number of pyridine rings is 1. The largest absolute Gasteiger partial charge is 0.388 e. The van der Waals surface area contributed by atoms with Crippen molar-refractivity contribution in [3.8, 4) is 0 Å². The molecule has 7 N–H and O–H groups in total. The van der Waals surface area contributed by atoms with Crippen LogP contribution in [0.1, 0.15) is 55.7 Å². The molecule has 6 atom stereocenters. The molecule has 3 aliphatic rings. The zero-order valence-corrected chi connectivity index (χ0v) is 32.8. The van der Waals surface area contributed by atoms with Gasteiger partial charge in [0.15, 0.2) is 17.0 Å². The van der Waals surface area contributed by atoms with Crippen LogP contribution in [-0.4, -0.2) is 121 Å². The number of amides is 5. The first kappa shape index (κ1) is 39.5. The number of nitrogens with zero attached hydrogens (tertiary/aromatic N) is 7. The van der Waals surface area contributed by atoms with E-state index in [1.165, 1.54) is 0 Å². The van der Waals surface area contributed by atoms with Crippen LogP contribution in [0.3, 0.4) is 0 Å². The molecular weight excluding hydrogens is 753 g/mol.